The molecule has 2 aromatic carbocycles. The van der Waals surface area contributed by atoms with Gasteiger partial charge in [-0.1, -0.05) is 59.7 Å². The number of nitrogens with two attached hydrogens (primary N) is 1. The van der Waals surface area contributed by atoms with Gasteiger partial charge in [-0.25, -0.2) is 19.9 Å². The summed E-state index contributed by atoms with van der Waals surface area (Å²) in [5, 5.41) is 3.24. The molecular formula is C36H33ClN8O2. The Labute approximate surface area is 278 Å². The van der Waals surface area contributed by atoms with Crippen LogP contribution in [0.4, 0.5) is 5.95 Å². The number of pyridine rings is 2. The maximum absolute atomic E-state index is 12.4. The lowest BCUT2D eigenvalue weighted by atomic mass is 10.0. The van der Waals surface area contributed by atoms with Gasteiger partial charge in [0.15, 0.2) is 11.6 Å². The van der Waals surface area contributed by atoms with E-state index in [9.17, 15) is 9.59 Å². The van der Waals surface area contributed by atoms with Gasteiger partial charge in [-0.3, -0.25) is 19.6 Å². The zero-order valence-electron chi connectivity index (χ0n) is 25.9. The first-order chi connectivity index (χ1) is 22.8. The molecule has 47 heavy (non-hydrogen) atoms. The van der Waals surface area contributed by atoms with Crippen molar-refractivity contribution in [2.24, 2.45) is 5.73 Å². The summed E-state index contributed by atoms with van der Waals surface area (Å²) < 4.78 is 0. The fourth-order valence-corrected chi connectivity index (χ4v) is 4.17. The van der Waals surface area contributed by atoms with Gasteiger partial charge in [-0.2, -0.15) is 0 Å². The van der Waals surface area contributed by atoms with Crippen molar-refractivity contribution >= 4 is 29.1 Å². The highest BCUT2D eigenvalue weighted by Gasteiger charge is 2.11. The Hall–Kier alpha value is -5.71. The van der Waals surface area contributed by atoms with Crippen molar-refractivity contribution in [3.63, 3.8) is 0 Å². The van der Waals surface area contributed by atoms with E-state index in [0.29, 0.717) is 41.3 Å². The molecule has 0 radical (unpaired) electrons. The highest BCUT2D eigenvalue weighted by molar-refractivity contribution is 6.28. The fourth-order valence-electron chi connectivity index (χ4n) is 4.07. The molecule has 4 heterocycles. The van der Waals surface area contributed by atoms with Crippen molar-refractivity contribution in [2.75, 3.05) is 5.32 Å². The molecule has 6 rings (SSSR count). The van der Waals surface area contributed by atoms with Gasteiger partial charge in [0.05, 0.1) is 11.1 Å². The molecule has 0 atom stereocenters. The molecule has 6 aromatic rings. The standard InChI is InChI=1S/C18H16N4O.C12H9ClN2O.C6H8N2/c1-13-4-2-6-15(8-13)17(23)16-11-21-18(22-12-16)20-10-14-5-3-7-19-9-14;1-8-3-2-4-9(5-8)11(16)10-6-14-12(13)15-7-10;7-4-6-2-1-3-8-5-6/h2-9,11-12H,10H2,1H3,(H,20,21,22);2-7H,1H3;1-3,5H,4,7H2. The average Bonchev–Trinajstić information content (AvgIpc) is 3.12. The lowest BCUT2D eigenvalue weighted by Gasteiger charge is -2.05. The van der Waals surface area contributed by atoms with E-state index in [1.807, 2.05) is 74.5 Å². The summed E-state index contributed by atoms with van der Waals surface area (Å²) in [6.07, 6.45) is 13.0. The quantitative estimate of drug-likeness (QED) is 0.144. The van der Waals surface area contributed by atoms with Crippen LogP contribution in [0.15, 0.2) is 122 Å². The van der Waals surface area contributed by atoms with Gasteiger partial charge in [0, 0.05) is 73.8 Å². The van der Waals surface area contributed by atoms with Gasteiger partial charge in [0.2, 0.25) is 11.2 Å². The average molecular weight is 645 g/mol. The third-order valence-electron chi connectivity index (χ3n) is 6.49. The molecule has 11 heteroatoms. The van der Waals surface area contributed by atoms with Crippen LogP contribution in [0, 0.1) is 13.8 Å². The smallest absolute Gasteiger partial charge is 0.222 e. The van der Waals surface area contributed by atoms with Crippen LogP contribution >= 0.6 is 11.6 Å². The molecule has 236 valence electrons. The number of aryl methyl sites for hydroxylation is 2. The van der Waals surface area contributed by atoms with E-state index in [1.165, 1.54) is 12.4 Å². The van der Waals surface area contributed by atoms with E-state index in [1.54, 1.807) is 49.3 Å². The second kappa shape index (κ2) is 17.7. The number of ketones is 2. The van der Waals surface area contributed by atoms with Crippen LogP contribution in [-0.2, 0) is 13.1 Å². The van der Waals surface area contributed by atoms with E-state index < -0.39 is 0 Å². The minimum Gasteiger partial charge on any atom is -0.350 e. The lowest BCUT2D eigenvalue weighted by molar-refractivity contribution is 0.103. The number of carbonyl (C=O) groups is 2. The maximum atomic E-state index is 12.4. The predicted octanol–water partition coefficient (Wildman–Crippen LogP) is 6.23. The van der Waals surface area contributed by atoms with Gasteiger partial charge in [-0.15, -0.1) is 0 Å². The van der Waals surface area contributed by atoms with Crippen LogP contribution in [-0.4, -0.2) is 41.5 Å². The second-order valence-electron chi connectivity index (χ2n) is 10.2. The number of hydrogen-bond acceptors (Lipinski definition) is 10. The molecule has 3 N–H and O–H groups in total. The van der Waals surface area contributed by atoms with Crippen molar-refractivity contribution in [3.8, 4) is 0 Å². The summed E-state index contributed by atoms with van der Waals surface area (Å²) in [5.74, 6) is 0.308. The first-order valence-corrected chi connectivity index (χ1v) is 14.9. The number of aromatic nitrogens is 6. The molecule has 0 bridgehead atoms. The molecule has 0 saturated carbocycles. The van der Waals surface area contributed by atoms with Gasteiger partial charge >= 0.3 is 0 Å². The summed E-state index contributed by atoms with van der Waals surface area (Å²) in [5.41, 5.74) is 11.7. The first kappa shape index (κ1) is 34.2. The normalized spacial score (nSPS) is 10.0. The SMILES string of the molecule is Cc1cccc(C(=O)c2cnc(Cl)nc2)c1.Cc1cccc(C(=O)c2cnc(NCc3cccnc3)nc2)c1.NCc1cccnc1. The molecule has 0 aliphatic rings. The van der Waals surface area contributed by atoms with Crippen molar-refractivity contribution in [1.29, 1.82) is 0 Å². The molecule has 0 aliphatic carbocycles. The topological polar surface area (TPSA) is 150 Å². The Balaban J connectivity index is 0.000000180. The molecule has 10 nitrogen and oxygen atoms in total. The van der Waals surface area contributed by atoms with E-state index in [-0.39, 0.29) is 16.9 Å². The lowest BCUT2D eigenvalue weighted by Crippen LogP contribution is -2.07. The number of hydrogen-bond donors (Lipinski definition) is 2. The number of carbonyl (C=O) groups excluding carboxylic acids is 2. The number of anilines is 1. The molecule has 0 unspecified atom stereocenters. The number of benzene rings is 2. The predicted molar refractivity (Wildman–Crippen MR) is 182 cm³/mol. The molecule has 0 saturated heterocycles. The van der Waals surface area contributed by atoms with Crippen molar-refractivity contribution in [1.82, 2.24) is 29.9 Å². The molecule has 4 aromatic heterocycles. The number of rotatable bonds is 8. The molecular weight excluding hydrogens is 612 g/mol. The molecule has 0 aliphatic heterocycles. The van der Waals surface area contributed by atoms with Crippen LogP contribution < -0.4 is 11.1 Å². The molecule has 0 amide bonds. The minimum absolute atomic E-state index is 0.0764. The summed E-state index contributed by atoms with van der Waals surface area (Å²) in [6, 6.07) is 22.5. The molecule has 0 fully saturated rings. The van der Waals surface area contributed by atoms with Crippen LogP contribution in [0.5, 0.6) is 0 Å². The van der Waals surface area contributed by atoms with Gasteiger partial charge in [0.1, 0.15) is 0 Å². The van der Waals surface area contributed by atoms with Crippen LogP contribution in [0.2, 0.25) is 5.28 Å². The minimum atomic E-state index is -0.0969. The third kappa shape index (κ3) is 11.0. The Morgan fingerprint density at radius 2 is 1.13 bits per heavy atom. The molecule has 0 spiro atoms. The number of nitrogens with one attached hydrogen (secondary N) is 1. The monoisotopic (exact) mass is 644 g/mol. The van der Waals surface area contributed by atoms with Gasteiger partial charge in [0.25, 0.3) is 0 Å². The zero-order valence-corrected chi connectivity index (χ0v) is 26.7. The van der Waals surface area contributed by atoms with E-state index in [2.05, 4.69) is 35.2 Å². The summed E-state index contributed by atoms with van der Waals surface area (Å²) >= 11 is 5.55. The Morgan fingerprint density at radius 1 is 0.638 bits per heavy atom. The fraction of sp³-hybridized carbons (Fsp3) is 0.111. The third-order valence-corrected chi connectivity index (χ3v) is 6.68. The van der Waals surface area contributed by atoms with E-state index >= 15 is 0 Å². The van der Waals surface area contributed by atoms with Gasteiger partial charge < -0.3 is 11.1 Å². The van der Waals surface area contributed by atoms with Crippen molar-refractivity contribution in [3.05, 3.63) is 172 Å². The highest BCUT2D eigenvalue weighted by Crippen LogP contribution is 2.12. The van der Waals surface area contributed by atoms with Crippen LogP contribution in [0.1, 0.15) is 54.1 Å². The summed E-state index contributed by atoms with van der Waals surface area (Å²) in [7, 11) is 0. The largest absolute Gasteiger partial charge is 0.350 e. The summed E-state index contributed by atoms with van der Waals surface area (Å²) in [4.78, 5) is 48.3. The first-order valence-electron chi connectivity index (χ1n) is 14.6. The van der Waals surface area contributed by atoms with Crippen LogP contribution in [0.25, 0.3) is 0 Å². The van der Waals surface area contributed by atoms with Gasteiger partial charge in [-0.05, 0) is 60.8 Å². The number of halogens is 1. The van der Waals surface area contributed by atoms with Crippen LogP contribution in [0.3, 0.4) is 0 Å². The highest BCUT2D eigenvalue weighted by atomic mass is 35.5. The Bertz CT molecular complexity index is 1870. The zero-order chi connectivity index (χ0) is 33.4. The summed E-state index contributed by atoms with van der Waals surface area (Å²) in [6.45, 7) is 5.06. The second-order valence-corrected chi connectivity index (χ2v) is 10.6. The van der Waals surface area contributed by atoms with Crippen molar-refractivity contribution < 1.29 is 9.59 Å². The van der Waals surface area contributed by atoms with E-state index in [4.69, 9.17) is 17.3 Å². The van der Waals surface area contributed by atoms with E-state index in [0.717, 1.165) is 22.3 Å². The Kier molecular flexibility index (Phi) is 12.9. The van der Waals surface area contributed by atoms with Crippen molar-refractivity contribution in [2.45, 2.75) is 26.9 Å². The Morgan fingerprint density at radius 3 is 1.55 bits per heavy atom. The number of nitrogens with zero attached hydrogens (tertiary/aromatic N) is 6. The maximum Gasteiger partial charge on any atom is 0.222 e.